The predicted octanol–water partition coefficient (Wildman–Crippen LogP) is 10.6. The van der Waals surface area contributed by atoms with Crippen LogP contribution in [0.15, 0.2) is 59.6 Å². The maximum absolute atomic E-state index is 14.1. The highest BCUT2D eigenvalue weighted by Crippen LogP contribution is 2.40. The van der Waals surface area contributed by atoms with Crippen LogP contribution in [0, 0.1) is 0 Å². The van der Waals surface area contributed by atoms with Gasteiger partial charge in [0.05, 0.1) is 6.04 Å². The molecule has 0 saturated heterocycles. The first-order valence-corrected chi connectivity index (χ1v) is 19.6. The first-order chi connectivity index (χ1) is 23.0. The Morgan fingerprint density at radius 1 is 0.766 bits per heavy atom. The molecule has 2 fully saturated rings. The number of unbranched alkanes of at least 4 members (excludes halogenated alkanes) is 3. The second kappa shape index (κ2) is 20.5. The molecule has 4 rings (SSSR count). The number of nitrogens with one attached hydrogen (secondary N) is 3. The topological polar surface area (TPSA) is 65.5 Å². The van der Waals surface area contributed by atoms with Crippen LogP contribution in [0.2, 0.25) is 0 Å². The van der Waals surface area contributed by atoms with Crippen LogP contribution in [0.1, 0.15) is 160 Å². The Labute approximate surface area is 287 Å². The molecule has 3 N–H and O–H groups in total. The van der Waals surface area contributed by atoms with Gasteiger partial charge in [-0.15, -0.1) is 0 Å². The molecule has 0 radical (unpaired) electrons. The standard InChI is InChI=1S/C42H66N4O/c1-4-7-31-42(32-8-5-2,33-9-6-3)35-26-28-38(29-27-35)43-40(47)39(30-25-34-19-13-10-14-20-34)46-41(44-36-21-15-11-16-22-36)45-37-23-17-12-18-24-37/h10,13-14,19-20,26-29,36-37,39H,4-9,11-12,15-18,21-25,30-33H2,1-3H3,(H,43,47)(H2,44,45,46). The van der Waals surface area contributed by atoms with E-state index in [0.717, 1.165) is 30.9 Å². The summed E-state index contributed by atoms with van der Waals surface area (Å²) in [6.07, 6.45) is 25.0. The highest BCUT2D eigenvalue weighted by atomic mass is 16.2. The summed E-state index contributed by atoms with van der Waals surface area (Å²) in [5.74, 6) is 0.851. The zero-order valence-corrected chi connectivity index (χ0v) is 30.1. The quantitative estimate of drug-likeness (QED) is 0.112. The summed E-state index contributed by atoms with van der Waals surface area (Å²) in [5, 5.41) is 10.8. The third-order valence-electron chi connectivity index (χ3n) is 10.8. The van der Waals surface area contributed by atoms with Gasteiger partial charge in [0.2, 0.25) is 5.91 Å². The summed E-state index contributed by atoms with van der Waals surface area (Å²) in [6.45, 7) is 6.92. The van der Waals surface area contributed by atoms with E-state index >= 15 is 0 Å². The van der Waals surface area contributed by atoms with E-state index in [0.29, 0.717) is 18.5 Å². The van der Waals surface area contributed by atoms with Crippen LogP contribution in [0.4, 0.5) is 5.69 Å². The number of hydrogen-bond acceptors (Lipinski definition) is 2. The molecule has 260 valence electrons. The number of hydrogen-bond donors (Lipinski definition) is 3. The smallest absolute Gasteiger partial charge is 0.246 e. The van der Waals surface area contributed by atoms with Crippen molar-refractivity contribution in [2.45, 2.75) is 179 Å². The van der Waals surface area contributed by atoms with Crippen LogP contribution in [0.5, 0.6) is 0 Å². The summed E-state index contributed by atoms with van der Waals surface area (Å²) < 4.78 is 0. The van der Waals surface area contributed by atoms with Gasteiger partial charge in [-0.25, -0.2) is 4.99 Å². The number of rotatable bonds is 18. The molecule has 0 heterocycles. The van der Waals surface area contributed by atoms with Crippen LogP contribution in [0.3, 0.4) is 0 Å². The fourth-order valence-corrected chi connectivity index (χ4v) is 7.83. The molecule has 0 aliphatic heterocycles. The van der Waals surface area contributed by atoms with Gasteiger partial charge in [-0.2, -0.15) is 0 Å². The molecule has 1 amide bonds. The van der Waals surface area contributed by atoms with Gasteiger partial charge in [-0.1, -0.05) is 140 Å². The van der Waals surface area contributed by atoms with Gasteiger partial charge in [-0.3, -0.25) is 4.79 Å². The first-order valence-electron chi connectivity index (χ1n) is 19.6. The number of carbonyl (C=O) groups excluding carboxylic acids is 1. The van der Waals surface area contributed by atoms with Crippen LogP contribution in [-0.4, -0.2) is 30.0 Å². The highest BCUT2D eigenvalue weighted by Gasteiger charge is 2.31. The van der Waals surface area contributed by atoms with Crippen molar-refractivity contribution in [2.75, 3.05) is 5.32 Å². The van der Waals surface area contributed by atoms with Crippen molar-refractivity contribution in [3.63, 3.8) is 0 Å². The van der Waals surface area contributed by atoms with E-state index in [9.17, 15) is 4.79 Å². The van der Waals surface area contributed by atoms with Gasteiger partial charge >= 0.3 is 0 Å². The van der Waals surface area contributed by atoms with Gasteiger partial charge < -0.3 is 16.0 Å². The average Bonchev–Trinajstić information content (AvgIpc) is 3.11. The number of guanidine groups is 1. The van der Waals surface area contributed by atoms with E-state index < -0.39 is 0 Å². The molecule has 47 heavy (non-hydrogen) atoms. The summed E-state index contributed by atoms with van der Waals surface area (Å²) in [4.78, 5) is 19.3. The molecular weight excluding hydrogens is 576 g/mol. The molecule has 2 saturated carbocycles. The maximum Gasteiger partial charge on any atom is 0.246 e. The van der Waals surface area contributed by atoms with Crippen molar-refractivity contribution in [1.82, 2.24) is 10.6 Å². The molecule has 0 bridgehead atoms. The van der Waals surface area contributed by atoms with Gasteiger partial charge in [0, 0.05) is 11.7 Å². The minimum Gasteiger partial charge on any atom is -0.354 e. The lowest BCUT2D eigenvalue weighted by atomic mass is 9.69. The van der Waals surface area contributed by atoms with Gasteiger partial charge in [0.1, 0.15) is 6.04 Å². The van der Waals surface area contributed by atoms with Gasteiger partial charge in [-0.05, 0) is 86.5 Å². The fourth-order valence-electron chi connectivity index (χ4n) is 7.83. The molecule has 5 nitrogen and oxygen atoms in total. The maximum atomic E-state index is 14.1. The number of anilines is 1. The number of amides is 1. The minimum atomic E-state index is -0.383. The lowest BCUT2D eigenvalue weighted by molar-refractivity contribution is -0.118. The van der Waals surface area contributed by atoms with E-state index in [2.05, 4.69) is 91.3 Å². The van der Waals surface area contributed by atoms with Crippen LogP contribution in [-0.2, 0) is 16.6 Å². The Morgan fingerprint density at radius 2 is 1.34 bits per heavy atom. The number of nitrogens with zero attached hydrogens (tertiary/aromatic N) is 1. The van der Waals surface area contributed by atoms with Crippen LogP contribution >= 0.6 is 0 Å². The Kier molecular flexibility index (Phi) is 16.2. The summed E-state index contributed by atoms with van der Waals surface area (Å²) in [5.41, 5.74) is 3.82. The molecule has 0 aromatic heterocycles. The molecule has 2 aromatic rings. The van der Waals surface area contributed by atoms with Gasteiger partial charge in [0.15, 0.2) is 5.96 Å². The Hall–Kier alpha value is -2.82. The second-order valence-corrected chi connectivity index (χ2v) is 14.6. The largest absolute Gasteiger partial charge is 0.354 e. The van der Waals surface area contributed by atoms with Crippen LogP contribution in [0.25, 0.3) is 0 Å². The van der Waals surface area contributed by atoms with E-state index in [1.807, 2.05) is 0 Å². The van der Waals surface area contributed by atoms with Crippen molar-refractivity contribution in [3.8, 4) is 0 Å². The van der Waals surface area contributed by atoms with Crippen molar-refractivity contribution < 1.29 is 4.79 Å². The molecule has 0 spiro atoms. The van der Waals surface area contributed by atoms with Crippen LogP contribution < -0.4 is 16.0 Å². The molecule has 2 aliphatic rings. The SMILES string of the molecule is CCCCC(CCCC)(CCCC)c1ccc(NC(=O)C(CCc2ccccc2)NC(=NC2CCCCC2)NC2CCCCC2)cc1. The number of benzene rings is 2. The Balaban J connectivity index is 1.53. The average molecular weight is 643 g/mol. The summed E-state index contributed by atoms with van der Waals surface area (Å²) in [6, 6.07) is 19.8. The number of carbonyl (C=O) groups is 1. The number of aliphatic imine (C=N–C) groups is 1. The molecule has 5 heteroatoms. The summed E-state index contributed by atoms with van der Waals surface area (Å²) >= 11 is 0. The molecule has 2 aromatic carbocycles. The predicted molar refractivity (Wildman–Crippen MR) is 201 cm³/mol. The molecule has 1 unspecified atom stereocenters. The Bertz CT molecular complexity index is 1140. The van der Waals surface area contributed by atoms with Crippen molar-refractivity contribution >= 4 is 17.6 Å². The zero-order chi connectivity index (χ0) is 33.2. The van der Waals surface area contributed by atoms with E-state index in [-0.39, 0.29) is 17.4 Å². The van der Waals surface area contributed by atoms with Crippen molar-refractivity contribution in [2.24, 2.45) is 4.99 Å². The minimum absolute atomic E-state index is 0.0182. The Morgan fingerprint density at radius 3 is 1.91 bits per heavy atom. The lowest BCUT2D eigenvalue weighted by Gasteiger charge is -2.35. The zero-order valence-electron chi connectivity index (χ0n) is 30.1. The third kappa shape index (κ3) is 12.3. The van der Waals surface area contributed by atoms with E-state index in [4.69, 9.17) is 4.99 Å². The van der Waals surface area contributed by atoms with Gasteiger partial charge in [0.25, 0.3) is 0 Å². The van der Waals surface area contributed by atoms with E-state index in [1.54, 1.807) is 0 Å². The monoisotopic (exact) mass is 643 g/mol. The van der Waals surface area contributed by atoms with E-state index in [1.165, 1.54) is 120 Å². The third-order valence-corrected chi connectivity index (χ3v) is 10.8. The second-order valence-electron chi connectivity index (χ2n) is 14.6. The first kappa shape index (κ1) is 37.0. The van der Waals surface area contributed by atoms with Crippen molar-refractivity contribution in [1.29, 1.82) is 0 Å². The number of aryl methyl sites for hydroxylation is 1. The summed E-state index contributed by atoms with van der Waals surface area (Å²) in [7, 11) is 0. The fraction of sp³-hybridized carbons (Fsp3) is 0.667. The molecule has 2 aliphatic carbocycles. The highest BCUT2D eigenvalue weighted by molar-refractivity contribution is 5.97. The lowest BCUT2D eigenvalue weighted by Crippen LogP contribution is -2.52. The normalized spacial score (nSPS) is 17.3. The van der Waals surface area contributed by atoms with Crippen molar-refractivity contribution in [3.05, 3.63) is 65.7 Å². The molecular formula is C42H66N4O. The molecule has 1 atom stereocenters.